The van der Waals surface area contributed by atoms with Gasteiger partial charge in [0.05, 0.1) is 5.25 Å². The van der Waals surface area contributed by atoms with E-state index >= 15 is 0 Å². The van der Waals surface area contributed by atoms with Gasteiger partial charge in [-0.05, 0) is 37.1 Å². The minimum Gasteiger partial charge on any atom is -0.325 e. The lowest BCUT2D eigenvalue weighted by Crippen LogP contribution is -2.22. The molecule has 23 heavy (non-hydrogen) atoms. The number of halogens is 1. The topological polar surface area (TPSA) is 54.9 Å². The highest BCUT2D eigenvalue weighted by Crippen LogP contribution is 2.32. The molecule has 1 aromatic carbocycles. The molecule has 0 fully saturated rings. The van der Waals surface area contributed by atoms with Crippen molar-refractivity contribution in [3.05, 3.63) is 29.3 Å². The highest BCUT2D eigenvalue weighted by molar-refractivity contribution is 8.03. The van der Waals surface area contributed by atoms with E-state index in [4.69, 9.17) is 11.6 Å². The summed E-state index contributed by atoms with van der Waals surface area (Å²) in [5.41, 5.74) is 0.734. The molecule has 1 atom stereocenters. The molecule has 0 aliphatic heterocycles. The second-order valence-electron chi connectivity index (χ2n) is 5.29. The maximum absolute atomic E-state index is 12.2. The van der Waals surface area contributed by atoms with Crippen LogP contribution in [-0.2, 0) is 4.79 Å². The average Bonchev–Trinajstić information content (AvgIpc) is 2.95. The van der Waals surface area contributed by atoms with Crippen molar-refractivity contribution in [3.63, 3.8) is 0 Å². The zero-order chi connectivity index (χ0) is 16.8. The molecule has 124 valence electrons. The Labute approximate surface area is 153 Å². The Morgan fingerprint density at radius 2 is 1.87 bits per heavy atom. The van der Waals surface area contributed by atoms with Gasteiger partial charge in [-0.25, -0.2) is 0 Å². The molecule has 0 saturated heterocycles. The number of nitrogens with zero attached hydrogens (tertiary/aromatic N) is 2. The van der Waals surface area contributed by atoms with Crippen molar-refractivity contribution >= 4 is 58.1 Å². The highest BCUT2D eigenvalue weighted by Gasteiger charge is 2.17. The number of carbonyl (C=O) groups is 1. The number of nitrogens with one attached hydrogen (secondary N) is 1. The van der Waals surface area contributed by atoms with Gasteiger partial charge in [-0.1, -0.05) is 60.3 Å². The maximum atomic E-state index is 12.2. The van der Waals surface area contributed by atoms with E-state index in [1.807, 2.05) is 6.92 Å². The summed E-state index contributed by atoms with van der Waals surface area (Å²) in [5.74, 6) is 1.57. The summed E-state index contributed by atoms with van der Waals surface area (Å²) in [6.45, 7) is 6.21. The van der Waals surface area contributed by atoms with Gasteiger partial charge in [0.1, 0.15) is 0 Å². The number of anilines is 1. The summed E-state index contributed by atoms with van der Waals surface area (Å²) < 4.78 is 1.77. The number of rotatable bonds is 7. The first-order valence-corrected chi connectivity index (χ1v) is 10.2. The smallest absolute Gasteiger partial charge is 0.237 e. The molecule has 0 aliphatic carbocycles. The monoisotopic (exact) mass is 387 g/mol. The molecule has 2 rings (SSSR count). The lowest BCUT2D eigenvalue weighted by molar-refractivity contribution is -0.115. The van der Waals surface area contributed by atoms with Crippen LogP contribution in [0.15, 0.2) is 32.9 Å². The molecule has 0 saturated carbocycles. The van der Waals surface area contributed by atoms with Gasteiger partial charge < -0.3 is 5.32 Å². The summed E-state index contributed by atoms with van der Waals surface area (Å²) in [6.07, 6.45) is 0. The molecule has 0 radical (unpaired) electrons. The van der Waals surface area contributed by atoms with Crippen molar-refractivity contribution in [2.45, 2.75) is 34.7 Å². The van der Waals surface area contributed by atoms with Gasteiger partial charge in [-0.3, -0.25) is 4.79 Å². The Hall–Kier alpha value is -0.760. The van der Waals surface area contributed by atoms with Gasteiger partial charge >= 0.3 is 0 Å². The molecule has 1 aromatic heterocycles. The van der Waals surface area contributed by atoms with E-state index in [9.17, 15) is 4.79 Å². The molecule has 1 N–H and O–H groups in total. The van der Waals surface area contributed by atoms with Gasteiger partial charge in [0.15, 0.2) is 8.68 Å². The van der Waals surface area contributed by atoms with Crippen LogP contribution in [0.25, 0.3) is 0 Å². The minimum atomic E-state index is -0.249. The van der Waals surface area contributed by atoms with Crippen molar-refractivity contribution in [1.82, 2.24) is 10.2 Å². The number of benzene rings is 1. The van der Waals surface area contributed by atoms with E-state index in [2.05, 4.69) is 29.4 Å². The largest absolute Gasteiger partial charge is 0.325 e. The molecular formula is C15H18ClN3OS3. The van der Waals surface area contributed by atoms with E-state index in [1.165, 1.54) is 23.1 Å². The lowest BCUT2D eigenvalue weighted by Gasteiger charge is -2.10. The number of carbonyl (C=O) groups excluding carboxylic acids is 1. The second-order valence-corrected chi connectivity index (χ2v) is 9.56. The average molecular weight is 388 g/mol. The third kappa shape index (κ3) is 6.33. The van der Waals surface area contributed by atoms with Gasteiger partial charge in [0.25, 0.3) is 0 Å². The zero-order valence-corrected chi connectivity index (χ0v) is 16.3. The Bertz CT molecular complexity index is 646. The Balaban J connectivity index is 1.86. The summed E-state index contributed by atoms with van der Waals surface area (Å²) in [4.78, 5) is 12.2. The van der Waals surface area contributed by atoms with Crippen molar-refractivity contribution in [2.75, 3.05) is 11.1 Å². The van der Waals surface area contributed by atoms with Crippen LogP contribution in [0.1, 0.15) is 20.8 Å². The van der Waals surface area contributed by atoms with Crippen LogP contribution >= 0.6 is 46.5 Å². The van der Waals surface area contributed by atoms with E-state index in [0.29, 0.717) is 10.9 Å². The number of aromatic nitrogens is 2. The fourth-order valence-corrected chi connectivity index (χ4v) is 4.79. The van der Waals surface area contributed by atoms with Crippen molar-refractivity contribution in [1.29, 1.82) is 0 Å². The van der Waals surface area contributed by atoms with Gasteiger partial charge in [0, 0.05) is 16.5 Å². The molecule has 1 amide bonds. The molecule has 1 heterocycles. The van der Waals surface area contributed by atoms with Gasteiger partial charge in [0.2, 0.25) is 5.91 Å². The Morgan fingerprint density at radius 3 is 2.52 bits per heavy atom. The van der Waals surface area contributed by atoms with Gasteiger partial charge in [-0.15, -0.1) is 10.2 Å². The molecule has 0 unspecified atom stereocenters. The number of hydrogen-bond acceptors (Lipinski definition) is 6. The Morgan fingerprint density at radius 1 is 1.22 bits per heavy atom. The standard InChI is InChI=1S/C15H18ClN3OS3/c1-9(2)8-21-14-18-19-15(23-14)22-10(3)13(20)17-12-6-4-11(16)5-7-12/h4-7,9-10H,8H2,1-3H3,(H,17,20)/t10-/m1/s1. The normalized spacial score (nSPS) is 12.4. The molecule has 0 aliphatic rings. The van der Waals surface area contributed by atoms with E-state index in [0.717, 1.165) is 20.1 Å². The summed E-state index contributed by atoms with van der Waals surface area (Å²) in [5, 5.41) is 11.6. The van der Waals surface area contributed by atoms with Crippen molar-refractivity contribution in [2.24, 2.45) is 5.92 Å². The summed E-state index contributed by atoms with van der Waals surface area (Å²) in [6, 6.07) is 7.06. The van der Waals surface area contributed by atoms with E-state index < -0.39 is 0 Å². The lowest BCUT2D eigenvalue weighted by atomic mass is 10.3. The fraction of sp³-hybridized carbons (Fsp3) is 0.400. The van der Waals surface area contributed by atoms with Crippen molar-refractivity contribution < 1.29 is 4.79 Å². The maximum Gasteiger partial charge on any atom is 0.237 e. The third-order valence-corrected chi connectivity index (χ3v) is 6.61. The van der Waals surface area contributed by atoms with Crippen LogP contribution in [0.5, 0.6) is 0 Å². The quantitative estimate of drug-likeness (QED) is 0.673. The molecule has 4 nitrogen and oxygen atoms in total. The summed E-state index contributed by atoms with van der Waals surface area (Å²) in [7, 11) is 0. The molecule has 8 heteroatoms. The van der Waals surface area contributed by atoms with Crippen LogP contribution in [0, 0.1) is 5.92 Å². The third-order valence-electron chi connectivity index (χ3n) is 2.69. The zero-order valence-electron chi connectivity index (χ0n) is 13.1. The number of thioether (sulfide) groups is 2. The predicted octanol–water partition coefficient (Wildman–Crippen LogP) is 5.06. The first kappa shape index (κ1) is 18.6. The van der Waals surface area contributed by atoms with Crippen LogP contribution in [0.4, 0.5) is 5.69 Å². The predicted molar refractivity (Wildman–Crippen MR) is 101 cm³/mol. The fourth-order valence-electron chi connectivity index (χ4n) is 1.52. The molecule has 0 spiro atoms. The van der Waals surface area contributed by atoms with E-state index in [1.54, 1.807) is 36.0 Å². The van der Waals surface area contributed by atoms with E-state index in [-0.39, 0.29) is 11.2 Å². The highest BCUT2D eigenvalue weighted by atomic mass is 35.5. The Kier molecular flexibility index (Phi) is 7.20. The molecule has 2 aromatic rings. The van der Waals surface area contributed by atoms with Crippen molar-refractivity contribution in [3.8, 4) is 0 Å². The molecular weight excluding hydrogens is 370 g/mol. The summed E-state index contributed by atoms with van der Waals surface area (Å²) >= 11 is 10.5. The van der Waals surface area contributed by atoms with Crippen LogP contribution in [-0.4, -0.2) is 27.1 Å². The molecule has 0 bridgehead atoms. The number of amides is 1. The minimum absolute atomic E-state index is 0.0658. The van der Waals surface area contributed by atoms with Crippen LogP contribution < -0.4 is 5.32 Å². The first-order chi connectivity index (χ1) is 10.9. The number of hydrogen-bond donors (Lipinski definition) is 1. The SMILES string of the molecule is CC(C)CSc1nnc(S[C@H](C)C(=O)Nc2ccc(Cl)cc2)s1. The van der Waals surface area contributed by atoms with Crippen LogP contribution in [0.3, 0.4) is 0 Å². The first-order valence-electron chi connectivity index (χ1n) is 7.13. The van der Waals surface area contributed by atoms with Crippen LogP contribution in [0.2, 0.25) is 5.02 Å². The second kappa shape index (κ2) is 8.92. The van der Waals surface area contributed by atoms with Gasteiger partial charge in [-0.2, -0.15) is 0 Å².